The van der Waals surface area contributed by atoms with E-state index in [0.29, 0.717) is 17.4 Å². The van der Waals surface area contributed by atoms with E-state index in [1.165, 1.54) is 238 Å². The summed E-state index contributed by atoms with van der Waals surface area (Å²) in [5.74, 6) is -0.181. The second-order valence-corrected chi connectivity index (χ2v) is 22.8. The van der Waals surface area contributed by atoms with E-state index < -0.39 is 20.0 Å². The average molecular weight is 957 g/mol. The van der Waals surface area contributed by atoms with Crippen LogP contribution in [0.3, 0.4) is 0 Å². The molecule has 9 heteroatoms. The van der Waals surface area contributed by atoms with Crippen LogP contribution in [0.25, 0.3) is 0 Å². The van der Waals surface area contributed by atoms with Crippen molar-refractivity contribution in [3.63, 3.8) is 0 Å². The van der Waals surface area contributed by atoms with Crippen molar-refractivity contribution in [2.24, 2.45) is 0 Å². The summed E-state index contributed by atoms with van der Waals surface area (Å²) in [6, 6.07) is -0.838. The maximum atomic E-state index is 12.8. The van der Waals surface area contributed by atoms with Gasteiger partial charge in [0.25, 0.3) is 0 Å². The van der Waals surface area contributed by atoms with Gasteiger partial charge in [-0.2, -0.15) is 0 Å². The fourth-order valence-corrected chi connectivity index (χ4v) is 9.65. The van der Waals surface area contributed by atoms with E-state index in [2.05, 4.69) is 19.2 Å². The number of amides is 1. The summed E-state index contributed by atoms with van der Waals surface area (Å²) in [6.45, 7) is 4.69. The number of nitrogens with one attached hydrogen (secondary N) is 1. The minimum absolute atomic E-state index is 0.0631. The van der Waals surface area contributed by atoms with Crippen LogP contribution in [0.15, 0.2) is 12.2 Å². The average Bonchev–Trinajstić information content (AvgIpc) is 3.28. The third-order valence-corrected chi connectivity index (χ3v) is 14.5. The molecule has 3 atom stereocenters. The van der Waals surface area contributed by atoms with Gasteiger partial charge in [0.15, 0.2) is 0 Å². The molecule has 8 nitrogen and oxygen atoms in total. The largest absolute Gasteiger partial charge is 0.472 e. The van der Waals surface area contributed by atoms with Gasteiger partial charge in [-0.15, -0.1) is 0 Å². The highest BCUT2D eigenvalue weighted by Gasteiger charge is 2.27. The van der Waals surface area contributed by atoms with Gasteiger partial charge in [0.1, 0.15) is 13.2 Å². The highest BCUT2D eigenvalue weighted by Crippen LogP contribution is 2.43. The Morgan fingerprint density at radius 1 is 0.500 bits per heavy atom. The van der Waals surface area contributed by atoms with Crippen molar-refractivity contribution < 1.29 is 32.9 Å². The van der Waals surface area contributed by atoms with Gasteiger partial charge >= 0.3 is 7.82 Å². The SMILES string of the molecule is CCCC/C=C/C(O)C(COP(=O)(O)OCC[N+](C)(C)C)NC(=O)CCCCCCCCCCCCCCCCCCCCCCCCCCCCCCCCCCCCCCCCCC. The van der Waals surface area contributed by atoms with Crippen LogP contribution in [0.1, 0.15) is 296 Å². The molecule has 0 aromatic heterocycles. The van der Waals surface area contributed by atoms with Crippen LogP contribution >= 0.6 is 7.82 Å². The molecule has 0 aliphatic rings. The molecule has 0 aromatic rings. The van der Waals surface area contributed by atoms with Gasteiger partial charge < -0.3 is 19.8 Å². The normalized spacial score (nSPS) is 14.0. The lowest BCUT2D eigenvalue weighted by Crippen LogP contribution is -2.45. The minimum atomic E-state index is -4.32. The van der Waals surface area contributed by atoms with Crippen molar-refractivity contribution in [1.29, 1.82) is 0 Å². The summed E-state index contributed by atoms with van der Waals surface area (Å²) in [5.41, 5.74) is 0. The van der Waals surface area contributed by atoms with E-state index in [4.69, 9.17) is 9.05 Å². The summed E-state index contributed by atoms with van der Waals surface area (Å²) in [6.07, 6.45) is 61.5. The number of carbonyl (C=O) groups excluding carboxylic acids is 1. The summed E-state index contributed by atoms with van der Waals surface area (Å²) in [4.78, 5) is 22.9. The highest BCUT2D eigenvalue weighted by atomic mass is 31.2. The Morgan fingerprint density at radius 2 is 0.803 bits per heavy atom. The molecule has 3 unspecified atom stereocenters. The molecule has 0 heterocycles. The molecule has 0 rings (SSSR count). The number of nitrogens with zero attached hydrogens (tertiary/aromatic N) is 1. The zero-order chi connectivity index (χ0) is 48.5. The third-order valence-electron chi connectivity index (χ3n) is 13.5. The van der Waals surface area contributed by atoms with Crippen molar-refractivity contribution in [3.8, 4) is 0 Å². The molecule has 0 aliphatic heterocycles. The Bertz CT molecular complexity index is 1080. The number of rotatable bonds is 54. The smallest absolute Gasteiger partial charge is 0.387 e. The first-order chi connectivity index (χ1) is 32.0. The summed E-state index contributed by atoms with van der Waals surface area (Å²) < 4.78 is 23.4. The predicted octanol–water partition coefficient (Wildman–Crippen LogP) is 17.4. The first kappa shape index (κ1) is 65.2. The summed E-state index contributed by atoms with van der Waals surface area (Å²) >= 11 is 0. The number of hydrogen-bond acceptors (Lipinski definition) is 5. The molecule has 0 bridgehead atoms. The van der Waals surface area contributed by atoms with Crippen molar-refractivity contribution in [2.45, 2.75) is 309 Å². The lowest BCUT2D eigenvalue weighted by molar-refractivity contribution is -0.870. The number of quaternary nitrogens is 1. The Balaban J connectivity index is 3.57. The van der Waals surface area contributed by atoms with E-state index in [0.717, 1.165) is 38.5 Å². The Hall–Kier alpha value is -0.760. The maximum absolute atomic E-state index is 12.8. The van der Waals surface area contributed by atoms with Gasteiger partial charge in [-0.05, 0) is 12.8 Å². The fourth-order valence-electron chi connectivity index (χ4n) is 8.91. The predicted molar refractivity (Wildman–Crippen MR) is 286 cm³/mol. The third kappa shape index (κ3) is 51.1. The van der Waals surface area contributed by atoms with Crippen LogP contribution in [0.2, 0.25) is 0 Å². The number of phosphoric acid groups is 1. The Morgan fingerprint density at radius 3 is 1.11 bits per heavy atom. The van der Waals surface area contributed by atoms with Gasteiger partial charge in [-0.25, -0.2) is 4.57 Å². The van der Waals surface area contributed by atoms with Crippen molar-refractivity contribution in [2.75, 3.05) is 40.9 Å². The lowest BCUT2D eigenvalue weighted by atomic mass is 10.0. The zero-order valence-electron chi connectivity index (χ0n) is 45.0. The minimum Gasteiger partial charge on any atom is -0.387 e. The molecule has 0 radical (unpaired) electrons. The molecule has 66 heavy (non-hydrogen) atoms. The van der Waals surface area contributed by atoms with Gasteiger partial charge in [0, 0.05) is 6.42 Å². The molecular formula is C57H116N2O6P+. The van der Waals surface area contributed by atoms with E-state index in [1.54, 1.807) is 6.08 Å². The number of hydrogen-bond donors (Lipinski definition) is 3. The monoisotopic (exact) mass is 956 g/mol. The van der Waals surface area contributed by atoms with E-state index in [-0.39, 0.29) is 19.1 Å². The lowest BCUT2D eigenvalue weighted by Gasteiger charge is -2.25. The second kappa shape index (κ2) is 49.2. The van der Waals surface area contributed by atoms with Gasteiger partial charge in [0.05, 0.1) is 39.9 Å². The first-order valence-corrected chi connectivity index (χ1v) is 30.6. The maximum Gasteiger partial charge on any atom is 0.472 e. The van der Waals surface area contributed by atoms with E-state index >= 15 is 0 Å². The van der Waals surface area contributed by atoms with E-state index in [1.807, 2.05) is 27.2 Å². The van der Waals surface area contributed by atoms with Crippen LogP contribution in [0.4, 0.5) is 0 Å². The Kier molecular flexibility index (Phi) is 48.7. The van der Waals surface area contributed by atoms with Crippen LogP contribution < -0.4 is 5.32 Å². The number of aliphatic hydroxyl groups is 1. The van der Waals surface area contributed by atoms with Gasteiger partial charge in [-0.1, -0.05) is 289 Å². The number of likely N-dealkylation sites (N-methyl/N-ethyl adjacent to an activating group) is 1. The molecule has 0 spiro atoms. The van der Waals surface area contributed by atoms with Crippen LogP contribution in [-0.2, 0) is 18.4 Å². The zero-order valence-corrected chi connectivity index (χ0v) is 45.9. The molecule has 394 valence electrons. The molecule has 0 aliphatic carbocycles. The molecule has 0 saturated heterocycles. The highest BCUT2D eigenvalue weighted by molar-refractivity contribution is 7.47. The number of aliphatic hydroxyl groups excluding tert-OH is 1. The molecular weight excluding hydrogens is 840 g/mol. The van der Waals surface area contributed by atoms with Crippen molar-refractivity contribution in [3.05, 3.63) is 12.2 Å². The quantitative estimate of drug-likeness (QED) is 0.0243. The molecule has 0 aromatic carbocycles. The summed E-state index contributed by atoms with van der Waals surface area (Å²) in [5, 5.41) is 13.6. The second-order valence-electron chi connectivity index (χ2n) is 21.4. The van der Waals surface area contributed by atoms with Crippen LogP contribution in [0.5, 0.6) is 0 Å². The van der Waals surface area contributed by atoms with E-state index in [9.17, 15) is 19.4 Å². The van der Waals surface area contributed by atoms with Crippen molar-refractivity contribution >= 4 is 13.7 Å². The van der Waals surface area contributed by atoms with Gasteiger partial charge in [-0.3, -0.25) is 13.8 Å². The molecule has 1 amide bonds. The number of carbonyl (C=O) groups is 1. The standard InChI is InChI=1S/C57H115N2O6P/c1-6-8-10-12-13-14-15-16-17-18-19-20-21-22-23-24-25-26-27-28-29-30-31-32-33-34-35-36-37-38-39-40-41-42-43-44-45-46-47-49-51-57(61)58-55(56(60)50-48-11-9-7-2)54-65-66(62,63)64-53-52-59(3,4)5/h48,50,55-56,60H,6-47,49,51-54H2,1-5H3,(H-,58,61,62,63)/p+1/b50-48+. The molecule has 3 N–H and O–H groups in total. The summed E-state index contributed by atoms with van der Waals surface area (Å²) in [7, 11) is 1.58. The number of unbranched alkanes of at least 4 members (excludes halogenated alkanes) is 41. The molecule has 0 saturated carbocycles. The topological polar surface area (TPSA) is 105 Å². The van der Waals surface area contributed by atoms with Crippen LogP contribution in [-0.4, -0.2) is 73.4 Å². The fraction of sp³-hybridized carbons (Fsp3) is 0.947. The molecule has 0 fully saturated rings. The van der Waals surface area contributed by atoms with Gasteiger partial charge in [0.2, 0.25) is 5.91 Å². The number of allylic oxidation sites excluding steroid dienone is 1. The Labute approximate surface area is 412 Å². The van der Waals surface area contributed by atoms with Crippen molar-refractivity contribution in [1.82, 2.24) is 5.32 Å². The van der Waals surface area contributed by atoms with Crippen LogP contribution in [0, 0.1) is 0 Å². The first-order valence-electron chi connectivity index (χ1n) is 29.1. The number of phosphoric ester groups is 1.